The Labute approximate surface area is 178 Å². The standard InChI is InChI=1S/C26H19NO4/c1-29-21-9-5-6-15-10-12-20-24(17-7-3-4-8-18(17)26(28)30-2)19-13-11-16(27)14-22(19)31-25(20)23(15)21/h3-14,27H,1-2H3. The Morgan fingerprint density at radius 1 is 0.903 bits per heavy atom. The minimum atomic E-state index is -0.409. The van der Waals surface area contributed by atoms with E-state index in [0.717, 1.165) is 32.8 Å². The summed E-state index contributed by atoms with van der Waals surface area (Å²) in [5, 5.41) is 11.1. The molecule has 1 aliphatic heterocycles. The molecule has 0 aromatic heterocycles. The van der Waals surface area contributed by atoms with Crippen LogP contribution in [0.4, 0.5) is 0 Å². The highest BCUT2D eigenvalue weighted by Gasteiger charge is 2.23. The zero-order valence-electron chi connectivity index (χ0n) is 17.1. The number of carbonyl (C=O) groups excluding carboxylic acids is 1. The first-order chi connectivity index (χ1) is 15.1. The molecule has 1 heterocycles. The second kappa shape index (κ2) is 7.29. The molecule has 5 nitrogen and oxygen atoms in total. The van der Waals surface area contributed by atoms with Crippen LogP contribution in [0.5, 0.6) is 5.75 Å². The maximum Gasteiger partial charge on any atom is 0.338 e. The molecule has 3 aromatic carbocycles. The van der Waals surface area contributed by atoms with Crippen molar-refractivity contribution in [3.05, 3.63) is 83.7 Å². The lowest BCUT2D eigenvalue weighted by atomic mass is 9.89. The average Bonchev–Trinajstić information content (AvgIpc) is 2.81. The predicted molar refractivity (Wildman–Crippen MR) is 120 cm³/mol. The molecule has 0 amide bonds. The summed E-state index contributed by atoms with van der Waals surface area (Å²) >= 11 is 0. The number of fused-ring (bicyclic) bond motifs is 4. The van der Waals surface area contributed by atoms with Gasteiger partial charge in [0.25, 0.3) is 0 Å². The first-order valence-electron chi connectivity index (χ1n) is 9.81. The van der Waals surface area contributed by atoms with Gasteiger partial charge in [0.05, 0.1) is 30.5 Å². The average molecular weight is 409 g/mol. The summed E-state index contributed by atoms with van der Waals surface area (Å²) in [4.78, 5) is 12.6. The van der Waals surface area contributed by atoms with Gasteiger partial charge >= 0.3 is 5.97 Å². The number of esters is 1. The molecule has 0 saturated heterocycles. The SMILES string of the molecule is COC(=O)c1ccccc1-c1c2ccc(=N)cc-2oc2c1ccc1cccc(OC)c12. The first-order valence-corrected chi connectivity index (χ1v) is 9.81. The number of carbonyl (C=O) groups is 1. The van der Waals surface area contributed by atoms with Gasteiger partial charge < -0.3 is 19.3 Å². The highest BCUT2D eigenvalue weighted by Crippen LogP contribution is 2.44. The quantitative estimate of drug-likeness (QED) is 0.238. The van der Waals surface area contributed by atoms with E-state index in [1.807, 2.05) is 54.6 Å². The van der Waals surface area contributed by atoms with E-state index in [1.165, 1.54) is 7.11 Å². The normalized spacial score (nSPS) is 11.2. The zero-order valence-corrected chi connectivity index (χ0v) is 17.1. The third-order valence-corrected chi connectivity index (χ3v) is 5.51. The van der Waals surface area contributed by atoms with Crippen molar-refractivity contribution < 1.29 is 18.7 Å². The van der Waals surface area contributed by atoms with E-state index in [4.69, 9.17) is 19.3 Å². The van der Waals surface area contributed by atoms with Crippen LogP contribution >= 0.6 is 0 Å². The summed E-state index contributed by atoms with van der Waals surface area (Å²) in [6, 6.07) is 22.5. The second-order valence-electron chi connectivity index (χ2n) is 7.23. The number of hydrogen-bond donors (Lipinski definition) is 1. The van der Waals surface area contributed by atoms with Crippen LogP contribution < -0.4 is 10.1 Å². The van der Waals surface area contributed by atoms with Gasteiger partial charge in [-0.3, -0.25) is 0 Å². The molecule has 0 radical (unpaired) electrons. The van der Waals surface area contributed by atoms with Crippen molar-refractivity contribution in [2.24, 2.45) is 0 Å². The number of methoxy groups -OCH3 is 2. The molecule has 5 rings (SSSR count). The molecule has 0 spiro atoms. The van der Waals surface area contributed by atoms with E-state index < -0.39 is 5.97 Å². The fourth-order valence-corrected chi connectivity index (χ4v) is 4.13. The summed E-state index contributed by atoms with van der Waals surface area (Å²) in [7, 11) is 3.00. The molecule has 2 aliphatic rings. The van der Waals surface area contributed by atoms with E-state index in [2.05, 4.69) is 0 Å². The van der Waals surface area contributed by atoms with E-state index in [0.29, 0.717) is 28.0 Å². The van der Waals surface area contributed by atoms with Crippen LogP contribution in [0.15, 0.2) is 77.2 Å². The molecule has 0 fully saturated rings. The summed E-state index contributed by atoms with van der Waals surface area (Å²) in [6.07, 6.45) is 0. The summed E-state index contributed by atoms with van der Waals surface area (Å²) in [5.74, 6) is 0.849. The molecule has 1 aliphatic carbocycles. The number of rotatable bonds is 3. The molecule has 152 valence electrons. The van der Waals surface area contributed by atoms with Crippen LogP contribution in [0.25, 0.3) is 44.2 Å². The van der Waals surface area contributed by atoms with Gasteiger partial charge in [-0.1, -0.05) is 36.4 Å². The Hall–Kier alpha value is -4.12. The molecule has 31 heavy (non-hydrogen) atoms. The summed E-state index contributed by atoms with van der Waals surface area (Å²) in [5.41, 5.74) is 3.52. The van der Waals surface area contributed by atoms with Crippen molar-refractivity contribution in [2.75, 3.05) is 14.2 Å². The van der Waals surface area contributed by atoms with Gasteiger partial charge in [-0.05, 0) is 41.3 Å². The van der Waals surface area contributed by atoms with Gasteiger partial charge in [0.1, 0.15) is 17.1 Å². The molecule has 5 heteroatoms. The smallest absolute Gasteiger partial charge is 0.338 e. The van der Waals surface area contributed by atoms with Crippen LogP contribution in [0.1, 0.15) is 10.4 Å². The number of ether oxygens (including phenoxy) is 2. The Bertz CT molecular complexity index is 1500. The molecule has 0 saturated carbocycles. The Morgan fingerprint density at radius 2 is 1.74 bits per heavy atom. The van der Waals surface area contributed by atoms with Gasteiger partial charge in [-0.2, -0.15) is 0 Å². The highest BCUT2D eigenvalue weighted by molar-refractivity contribution is 6.15. The summed E-state index contributed by atoms with van der Waals surface area (Å²) < 4.78 is 17.0. The van der Waals surface area contributed by atoms with Crippen LogP contribution in [-0.4, -0.2) is 20.2 Å². The van der Waals surface area contributed by atoms with Crippen LogP contribution in [0, 0.1) is 5.41 Å². The lowest BCUT2D eigenvalue weighted by Gasteiger charge is -2.18. The van der Waals surface area contributed by atoms with Gasteiger partial charge in [0, 0.05) is 22.6 Å². The Kier molecular flexibility index (Phi) is 4.44. The van der Waals surface area contributed by atoms with Crippen molar-refractivity contribution in [3.8, 4) is 28.2 Å². The largest absolute Gasteiger partial charge is 0.496 e. The van der Waals surface area contributed by atoms with Crippen LogP contribution in [-0.2, 0) is 4.74 Å². The molecule has 0 unspecified atom stereocenters. The predicted octanol–water partition coefficient (Wildman–Crippen LogP) is 5.63. The highest BCUT2D eigenvalue weighted by atomic mass is 16.5. The first kappa shape index (κ1) is 18.9. The second-order valence-corrected chi connectivity index (χ2v) is 7.23. The number of nitrogens with one attached hydrogen (secondary N) is 1. The lowest BCUT2D eigenvalue weighted by Crippen LogP contribution is -2.05. The van der Waals surface area contributed by atoms with Gasteiger partial charge in [0.2, 0.25) is 0 Å². The fraction of sp³-hybridized carbons (Fsp3) is 0.0769. The third-order valence-electron chi connectivity index (χ3n) is 5.51. The van der Waals surface area contributed by atoms with Crippen molar-refractivity contribution in [3.63, 3.8) is 0 Å². The molecule has 1 N–H and O–H groups in total. The van der Waals surface area contributed by atoms with Crippen molar-refractivity contribution in [1.29, 1.82) is 5.41 Å². The van der Waals surface area contributed by atoms with Gasteiger partial charge in [0.15, 0.2) is 0 Å². The minimum Gasteiger partial charge on any atom is -0.496 e. The molecule has 3 aromatic rings. The van der Waals surface area contributed by atoms with E-state index in [-0.39, 0.29) is 0 Å². The molecular weight excluding hydrogens is 390 g/mol. The third kappa shape index (κ3) is 2.94. The van der Waals surface area contributed by atoms with Crippen molar-refractivity contribution >= 4 is 27.7 Å². The maximum atomic E-state index is 12.6. The number of benzene rings is 4. The van der Waals surface area contributed by atoms with Gasteiger partial charge in [-0.15, -0.1) is 0 Å². The minimum absolute atomic E-state index is 0.343. The van der Waals surface area contributed by atoms with E-state index in [1.54, 1.807) is 25.3 Å². The Balaban J connectivity index is 2.03. The topological polar surface area (TPSA) is 72.5 Å². The Morgan fingerprint density at radius 3 is 2.55 bits per heavy atom. The van der Waals surface area contributed by atoms with Crippen LogP contribution in [0.2, 0.25) is 0 Å². The number of hydrogen-bond acceptors (Lipinski definition) is 5. The van der Waals surface area contributed by atoms with Crippen molar-refractivity contribution in [2.45, 2.75) is 0 Å². The van der Waals surface area contributed by atoms with Gasteiger partial charge in [-0.25, -0.2) is 4.79 Å². The fourth-order valence-electron chi connectivity index (χ4n) is 4.13. The maximum absolute atomic E-state index is 12.6. The van der Waals surface area contributed by atoms with Crippen LogP contribution in [0.3, 0.4) is 0 Å². The monoisotopic (exact) mass is 409 g/mol. The van der Waals surface area contributed by atoms with Crippen molar-refractivity contribution in [1.82, 2.24) is 0 Å². The lowest BCUT2D eigenvalue weighted by molar-refractivity contribution is 0.0601. The zero-order chi connectivity index (χ0) is 21.5. The molecular formula is C26H19NO4. The van der Waals surface area contributed by atoms with E-state index in [9.17, 15) is 4.79 Å². The van der Waals surface area contributed by atoms with E-state index >= 15 is 0 Å². The molecule has 0 atom stereocenters. The summed E-state index contributed by atoms with van der Waals surface area (Å²) in [6.45, 7) is 0. The molecule has 0 bridgehead atoms.